The Morgan fingerprint density at radius 2 is 1.89 bits per heavy atom. The molecule has 18 heavy (non-hydrogen) atoms. The Labute approximate surface area is 104 Å². The van der Waals surface area contributed by atoms with Gasteiger partial charge in [0.15, 0.2) is 11.5 Å². The van der Waals surface area contributed by atoms with Crippen molar-refractivity contribution in [2.24, 2.45) is 0 Å². The van der Waals surface area contributed by atoms with Crippen LogP contribution in [0.4, 0.5) is 0 Å². The summed E-state index contributed by atoms with van der Waals surface area (Å²) in [5.74, 6) is 2.11. The van der Waals surface area contributed by atoms with Crippen LogP contribution in [0.1, 0.15) is 12.7 Å². The number of ether oxygens (including phenoxy) is 1. The van der Waals surface area contributed by atoms with Crippen molar-refractivity contribution in [1.29, 1.82) is 0 Å². The number of hydrogen-bond donors (Lipinski definition) is 0. The van der Waals surface area contributed by atoms with E-state index in [-0.39, 0.29) is 0 Å². The number of aromatic nitrogens is 4. The molecule has 0 unspecified atom stereocenters. The predicted octanol–water partition coefficient (Wildman–Crippen LogP) is 2.48. The van der Waals surface area contributed by atoms with Gasteiger partial charge in [-0.3, -0.25) is 0 Å². The number of benzene rings is 1. The zero-order valence-electron chi connectivity index (χ0n) is 9.95. The Morgan fingerprint density at radius 1 is 1.06 bits per heavy atom. The number of aryl methyl sites for hydroxylation is 1. The summed E-state index contributed by atoms with van der Waals surface area (Å²) >= 11 is 0. The van der Waals surface area contributed by atoms with Crippen LogP contribution in [0.2, 0.25) is 0 Å². The third kappa shape index (κ3) is 1.90. The smallest absolute Gasteiger partial charge is 0.237 e. The van der Waals surface area contributed by atoms with Crippen LogP contribution in [0, 0.1) is 0 Å². The lowest BCUT2D eigenvalue weighted by molar-refractivity contribution is 0.451. The zero-order valence-corrected chi connectivity index (χ0v) is 9.95. The van der Waals surface area contributed by atoms with Crippen molar-refractivity contribution < 1.29 is 4.74 Å². The molecule has 0 aliphatic heterocycles. The molecule has 0 atom stereocenters. The normalized spacial score (nSPS) is 10.7. The molecule has 3 aromatic rings. The largest absolute Gasteiger partial charge is 0.438 e. The minimum Gasteiger partial charge on any atom is -0.438 e. The third-order valence-electron chi connectivity index (χ3n) is 2.58. The molecule has 5 nitrogen and oxygen atoms in total. The summed E-state index contributed by atoms with van der Waals surface area (Å²) in [5.41, 5.74) is 0.729. The van der Waals surface area contributed by atoms with Crippen LogP contribution in [0.25, 0.3) is 5.65 Å². The number of rotatable bonds is 3. The molecule has 0 spiro atoms. The van der Waals surface area contributed by atoms with Crippen LogP contribution in [-0.4, -0.2) is 19.8 Å². The molecule has 0 aliphatic rings. The molecule has 0 radical (unpaired) electrons. The molecule has 0 saturated carbocycles. The highest BCUT2D eigenvalue weighted by atomic mass is 16.5. The van der Waals surface area contributed by atoms with Crippen molar-refractivity contribution in [3.63, 3.8) is 0 Å². The van der Waals surface area contributed by atoms with Gasteiger partial charge >= 0.3 is 0 Å². The minimum atomic E-state index is 0.531. The fourth-order valence-corrected chi connectivity index (χ4v) is 1.70. The molecule has 3 rings (SSSR count). The maximum atomic E-state index is 5.67. The monoisotopic (exact) mass is 240 g/mol. The van der Waals surface area contributed by atoms with E-state index in [0.717, 1.165) is 23.6 Å². The summed E-state index contributed by atoms with van der Waals surface area (Å²) in [5, 5.41) is 12.5. The van der Waals surface area contributed by atoms with Gasteiger partial charge in [-0.1, -0.05) is 25.1 Å². The fourth-order valence-electron chi connectivity index (χ4n) is 1.70. The lowest BCUT2D eigenvalue weighted by Crippen LogP contribution is -1.99. The molecule has 0 N–H and O–H groups in total. The predicted molar refractivity (Wildman–Crippen MR) is 66.7 cm³/mol. The van der Waals surface area contributed by atoms with Crippen LogP contribution >= 0.6 is 0 Å². The van der Waals surface area contributed by atoms with Gasteiger partial charge < -0.3 is 4.74 Å². The fraction of sp³-hybridized carbons (Fsp3) is 0.154. The Hall–Kier alpha value is -2.43. The maximum Gasteiger partial charge on any atom is 0.237 e. The first kappa shape index (κ1) is 10.7. The third-order valence-corrected chi connectivity index (χ3v) is 2.58. The molecule has 1 aromatic carbocycles. The second kappa shape index (κ2) is 4.44. The van der Waals surface area contributed by atoms with Crippen molar-refractivity contribution in [2.45, 2.75) is 13.3 Å². The van der Waals surface area contributed by atoms with Crippen LogP contribution in [0.5, 0.6) is 11.6 Å². The zero-order chi connectivity index (χ0) is 12.4. The first-order chi connectivity index (χ1) is 8.86. The standard InChI is InChI=1S/C13H12N4O/c1-2-11-14-15-12-8-9-13(16-17(11)12)18-10-6-4-3-5-7-10/h3-9H,2H2,1H3. The number of fused-ring (bicyclic) bond motifs is 1. The van der Waals surface area contributed by atoms with E-state index in [1.165, 1.54) is 0 Å². The van der Waals surface area contributed by atoms with E-state index in [2.05, 4.69) is 15.3 Å². The SMILES string of the molecule is CCc1nnc2ccc(Oc3ccccc3)nn12. The van der Waals surface area contributed by atoms with Crippen LogP contribution in [0.15, 0.2) is 42.5 Å². The summed E-state index contributed by atoms with van der Waals surface area (Å²) in [6, 6.07) is 13.2. The summed E-state index contributed by atoms with van der Waals surface area (Å²) in [6.45, 7) is 2.02. The van der Waals surface area contributed by atoms with Gasteiger partial charge in [0.05, 0.1) is 0 Å². The Balaban J connectivity index is 1.97. The van der Waals surface area contributed by atoms with Crippen molar-refractivity contribution in [2.75, 3.05) is 0 Å². The first-order valence-electron chi connectivity index (χ1n) is 5.81. The molecule has 0 amide bonds. The van der Waals surface area contributed by atoms with Gasteiger partial charge in [-0.05, 0) is 18.2 Å². The highest BCUT2D eigenvalue weighted by Gasteiger charge is 2.06. The van der Waals surface area contributed by atoms with Gasteiger partial charge in [0.1, 0.15) is 5.75 Å². The van der Waals surface area contributed by atoms with Gasteiger partial charge in [0, 0.05) is 12.5 Å². The molecule has 0 aliphatic carbocycles. The number of nitrogens with zero attached hydrogens (tertiary/aromatic N) is 4. The van der Waals surface area contributed by atoms with Crippen molar-refractivity contribution >= 4 is 5.65 Å². The van der Waals surface area contributed by atoms with Gasteiger partial charge in [-0.25, -0.2) is 0 Å². The van der Waals surface area contributed by atoms with Gasteiger partial charge in [-0.2, -0.15) is 4.52 Å². The average molecular weight is 240 g/mol. The summed E-state index contributed by atoms with van der Waals surface area (Å²) in [4.78, 5) is 0. The molecular weight excluding hydrogens is 228 g/mol. The van der Waals surface area contributed by atoms with Crippen molar-refractivity contribution in [3.05, 3.63) is 48.3 Å². The lowest BCUT2D eigenvalue weighted by Gasteiger charge is -2.04. The Kier molecular flexibility index (Phi) is 2.64. The van der Waals surface area contributed by atoms with E-state index in [0.29, 0.717) is 5.88 Å². The van der Waals surface area contributed by atoms with E-state index >= 15 is 0 Å². The quantitative estimate of drug-likeness (QED) is 0.705. The van der Waals surface area contributed by atoms with Crippen LogP contribution in [-0.2, 0) is 6.42 Å². The van der Waals surface area contributed by atoms with Crippen LogP contribution < -0.4 is 4.74 Å². The van der Waals surface area contributed by atoms with E-state index in [9.17, 15) is 0 Å². The second-order valence-electron chi connectivity index (χ2n) is 3.83. The molecule has 2 aromatic heterocycles. The topological polar surface area (TPSA) is 52.3 Å². The molecule has 2 heterocycles. The van der Waals surface area contributed by atoms with Crippen LogP contribution in [0.3, 0.4) is 0 Å². The molecule has 0 saturated heterocycles. The highest BCUT2D eigenvalue weighted by Crippen LogP contribution is 2.18. The lowest BCUT2D eigenvalue weighted by atomic mass is 10.3. The molecular formula is C13H12N4O. The Morgan fingerprint density at radius 3 is 2.67 bits per heavy atom. The maximum absolute atomic E-state index is 5.67. The van der Waals surface area contributed by atoms with Crippen molar-refractivity contribution in [3.8, 4) is 11.6 Å². The molecule has 0 bridgehead atoms. The number of hydrogen-bond acceptors (Lipinski definition) is 4. The summed E-state index contributed by atoms with van der Waals surface area (Å²) in [6.07, 6.45) is 0.781. The van der Waals surface area contributed by atoms with Gasteiger partial charge in [0.25, 0.3) is 0 Å². The first-order valence-corrected chi connectivity index (χ1v) is 5.81. The van der Waals surface area contributed by atoms with E-state index in [1.54, 1.807) is 10.6 Å². The second-order valence-corrected chi connectivity index (χ2v) is 3.83. The van der Waals surface area contributed by atoms with E-state index in [4.69, 9.17) is 4.74 Å². The molecule has 90 valence electrons. The summed E-state index contributed by atoms with van der Waals surface area (Å²) < 4.78 is 7.37. The van der Waals surface area contributed by atoms with E-state index in [1.807, 2.05) is 43.3 Å². The van der Waals surface area contributed by atoms with E-state index < -0.39 is 0 Å². The molecule has 5 heteroatoms. The molecule has 0 fully saturated rings. The van der Waals surface area contributed by atoms with Gasteiger partial charge in [0.2, 0.25) is 5.88 Å². The minimum absolute atomic E-state index is 0.531. The van der Waals surface area contributed by atoms with Gasteiger partial charge in [-0.15, -0.1) is 15.3 Å². The summed E-state index contributed by atoms with van der Waals surface area (Å²) in [7, 11) is 0. The Bertz CT molecular complexity index is 663. The number of para-hydroxylation sites is 1. The average Bonchev–Trinajstić information content (AvgIpc) is 2.82. The van der Waals surface area contributed by atoms with Crippen molar-refractivity contribution in [1.82, 2.24) is 19.8 Å². The highest BCUT2D eigenvalue weighted by molar-refractivity contribution is 5.38.